The van der Waals surface area contributed by atoms with Gasteiger partial charge in [-0.2, -0.15) is 5.26 Å². The maximum absolute atomic E-state index is 12.3. The Morgan fingerprint density at radius 3 is 2.58 bits per heavy atom. The van der Waals surface area contributed by atoms with Gasteiger partial charge in [0.1, 0.15) is 6.54 Å². The Bertz CT molecular complexity index is 598. The van der Waals surface area contributed by atoms with Gasteiger partial charge in [0.05, 0.1) is 12.5 Å². The van der Waals surface area contributed by atoms with E-state index in [-0.39, 0.29) is 12.5 Å². The first-order valence-corrected chi connectivity index (χ1v) is 6.80. The summed E-state index contributed by atoms with van der Waals surface area (Å²) in [7, 11) is 0. The summed E-state index contributed by atoms with van der Waals surface area (Å²) in [5, 5.41) is 8.88. The number of nitrogens with zero attached hydrogens (tertiary/aromatic N) is 2. The lowest BCUT2D eigenvalue weighted by Crippen LogP contribution is -2.32. The average Bonchev–Trinajstić information content (AvgIpc) is 2.82. The Morgan fingerprint density at radius 2 is 2.00 bits per heavy atom. The lowest BCUT2D eigenvalue weighted by atomic mass is 10.2. The SMILES string of the molecule is Cc1ccc(CC(=O)N(CC#N)c2ccccc2)s1. The van der Waals surface area contributed by atoms with Crippen LogP contribution in [0.2, 0.25) is 0 Å². The zero-order valence-electron chi connectivity index (χ0n) is 10.7. The van der Waals surface area contributed by atoms with Gasteiger partial charge in [-0.15, -0.1) is 11.3 Å². The molecule has 0 aliphatic carbocycles. The zero-order chi connectivity index (χ0) is 13.7. The number of para-hydroxylation sites is 1. The van der Waals surface area contributed by atoms with Gasteiger partial charge in [0.25, 0.3) is 0 Å². The van der Waals surface area contributed by atoms with Crippen molar-refractivity contribution in [2.24, 2.45) is 0 Å². The topological polar surface area (TPSA) is 44.1 Å². The molecule has 0 aliphatic heterocycles. The van der Waals surface area contributed by atoms with Crippen LogP contribution in [-0.2, 0) is 11.2 Å². The largest absolute Gasteiger partial charge is 0.298 e. The molecule has 19 heavy (non-hydrogen) atoms. The number of amides is 1. The van der Waals surface area contributed by atoms with Crippen molar-refractivity contribution in [2.45, 2.75) is 13.3 Å². The van der Waals surface area contributed by atoms with Crippen molar-refractivity contribution in [1.29, 1.82) is 5.26 Å². The minimum absolute atomic E-state index is 0.0467. The smallest absolute Gasteiger partial charge is 0.233 e. The first kappa shape index (κ1) is 13.3. The molecule has 0 fully saturated rings. The van der Waals surface area contributed by atoms with Gasteiger partial charge in [-0.1, -0.05) is 18.2 Å². The number of hydrogen-bond donors (Lipinski definition) is 0. The van der Waals surface area contributed by atoms with Crippen LogP contribution in [0.5, 0.6) is 0 Å². The van der Waals surface area contributed by atoms with E-state index < -0.39 is 0 Å². The highest BCUT2D eigenvalue weighted by molar-refractivity contribution is 7.12. The van der Waals surface area contributed by atoms with Gasteiger partial charge in [-0.05, 0) is 31.2 Å². The summed E-state index contributed by atoms with van der Waals surface area (Å²) in [4.78, 5) is 16.0. The molecule has 0 N–H and O–H groups in total. The van der Waals surface area contributed by atoms with Gasteiger partial charge in [-0.3, -0.25) is 9.69 Å². The van der Waals surface area contributed by atoms with Gasteiger partial charge in [0, 0.05) is 15.4 Å². The Kier molecular flexibility index (Phi) is 4.32. The van der Waals surface area contributed by atoms with Gasteiger partial charge in [-0.25, -0.2) is 0 Å². The summed E-state index contributed by atoms with van der Waals surface area (Å²) < 4.78 is 0. The molecule has 1 aromatic heterocycles. The van der Waals surface area contributed by atoms with E-state index in [0.717, 1.165) is 10.6 Å². The summed E-state index contributed by atoms with van der Waals surface area (Å²) in [6, 6.07) is 15.3. The fourth-order valence-corrected chi connectivity index (χ4v) is 2.71. The van der Waals surface area contributed by atoms with E-state index in [2.05, 4.69) is 0 Å². The quantitative estimate of drug-likeness (QED) is 0.801. The van der Waals surface area contributed by atoms with E-state index >= 15 is 0 Å². The van der Waals surface area contributed by atoms with Crippen molar-refractivity contribution < 1.29 is 4.79 Å². The Hall–Kier alpha value is -2.12. The van der Waals surface area contributed by atoms with Gasteiger partial charge >= 0.3 is 0 Å². The lowest BCUT2D eigenvalue weighted by Gasteiger charge is -2.19. The normalized spacial score (nSPS) is 9.89. The third-order valence-corrected chi connectivity index (χ3v) is 3.72. The van der Waals surface area contributed by atoms with Gasteiger partial charge in [0.2, 0.25) is 5.91 Å². The minimum atomic E-state index is -0.0467. The molecular weight excluding hydrogens is 256 g/mol. The summed E-state index contributed by atoms with van der Waals surface area (Å²) in [5.41, 5.74) is 0.766. The van der Waals surface area contributed by atoms with Crippen LogP contribution in [-0.4, -0.2) is 12.5 Å². The van der Waals surface area contributed by atoms with Gasteiger partial charge < -0.3 is 0 Å². The van der Waals surface area contributed by atoms with E-state index in [1.54, 1.807) is 11.3 Å². The van der Waals surface area contributed by atoms with Crippen LogP contribution in [0.4, 0.5) is 5.69 Å². The van der Waals surface area contributed by atoms with E-state index in [4.69, 9.17) is 5.26 Å². The van der Waals surface area contributed by atoms with E-state index in [1.165, 1.54) is 9.78 Å². The fourth-order valence-electron chi connectivity index (χ4n) is 1.83. The molecule has 96 valence electrons. The molecule has 0 aliphatic rings. The molecule has 0 spiro atoms. The van der Waals surface area contributed by atoms with Crippen molar-refractivity contribution in [1.82, 2.24) is 0 Å². The summed E-state index contributed by atoms with van der Waals surface area (Å²) in [6.07, 6.45) is 0.342. The van der Waals surface area contributed by atoms with Crippen LogP contribution in [0, 0.1) is 18.3 Å². The number of hydrogen-bond acceptors (Lipinski definition) is 3. The molecule has 0 saturated carbocycles. The Labute approximate surface area is 116 Å². The van der Waals surface area contributed by atoms with Gasteiger partial charge in [0.15, 0.2) is 0 Å². The zero-order valence-corrected chi connectivity index (χ0v) is 11.5. The van der Waals surface area contributed by atoms with Crippen LogP contribution >= 0.6 is 11.3 Å². The van der Waals surface area contributed by atoms with Crippen molar-refractivity contribution in [3.63, 3.8) is 0 Å². The molecular formula is C15H14N2OS. The summed E-state index contributed by atoms with van der Waals surface area (Å²) in [5.74, 6) is -0.0467. The molecule has 2 aromatic rings. The second-order valence-corrected chi connectivity index (χ2v) is 5.54. The lowest BCUT2D eigenvalue weighted by molar-refractivity contribution is -0.117. The third kappa shape index (κ3) is 3.43. The van der Waals surface area contributed by atoms with Crippen LogP contribution in [0.1, 0.15) is 9.75 Å². The van der Waals surface area contributed by atoms with E-state index in [1.807, 2.05) is 55.5 Å². The maximum Gasteiger partial charge on any atom is 0.233 e. The predicted octanol–water partition coefficient (Wildman–Crippen LogP) is 3.16. The molecule has 0 saturated heterocycles. The van der Waals surface area contributed by atoms with Crippen LogP contribution in [0.3, 0.4) is 0 Å². The molecule has 4 heteroatoms. The highest BCUT2D eigenvalue weighted by Gasteiger charge is 2.16. The summed E-state index contributed by atoms with van der Waals surface area (Å²) in [6.45, 7) is 2.09. The number of carbonyl (C=O) groups is 1. The number of thiophene rings is 1. The number of rotatable bonds is 4. The monoisotopic (exact) mass is 270 g/mol. The average molecular weight is 270 g/mol. The Balaban J connectivity index is 2.16. The first-order chi connectivity index (χ1) is 9.20. The molecule has 1 aromatic carbocycles. The molecule has 0 atom stereocenters. The predicted molar refractivity (Wildman–Crippen MR) is 77.2 cm³/mol. The highest BCUT2D eigenvalue weighted by Crippen LogP contribution is 2.19. The number of nitriles is 1. The molecule has 1 amide bonds. The van der Waals surface area contributed by atoms with Crippen molar-refractivity contribution in [3.8, 4) is 6.07 Å². The summed E-state index contributed by atoms with van der Waals surface area (Å²) >= 11 is 1.62. The Morgan fingerprint density at radius 1 is 1.26 bits per heavy atom. The van der Waals surface area contributed by atoms with Crippen LogP contribution in [0.25, 0.3) is 0 Å². The minimum Gasteiger partial charge on any atom is -0.298 e. The second kappa shape index (κ2) is 6.17. The van der Waals surface area contributed by atoms with E-state index in [0.29, 0.717) is 6.42 Å². The molecule has 1 heterocycles. The fraction of sp³-hybridized carbons (Fsp3) is 0.200. The molecule has 0 radical (unpaired) electrons. The first-order valence-electron chi connectivity index (χ1n) is 5.98. The second-order valence-electron chi connectivity index (χ2n) is 4.16. The van der Waals surface area contributed by atoms with Crippen molar-refractivity contribution in [3.05, 3.63) is 52.2 Å². The molecule has 0 bridgehead atoms. The number of benzene rings is 1. The molecule has 3 nitrogen and oxygen atoms in total. The molecule has 0 unspecified atom stereocenters. The number of aryl methyl sites for hydroxylation is 1. The highest BCUT2D eigenvalue weighted by atomic mass is 32.1. The molecule has 2 rings (SSSR count). The van der Waals surface area contributed by atoms with Crippen molar-refractivity contribution >= 4 is 22.9 Å². The van der Waals surface area contributed by atoms with Crippen LogP contribution < -0.4 is 4.90 Å². The number of anilines is 1. The number of carbonyl (C=O) groups excluding carboxylic acids is 1. The van der Waals surface area contributed by atoms with E-state index in [9.17, 15) is 4.79 Å². The maximum atomic E-state index is 12.3. The van der Waals surface area contributed by atoms with Crippen molar-refractivity contribution in [2.75, 3.05) is 11.4 Å². The standard InChI is InChI=1S/C15H14N2OS/c1-12-7-8-14(19-12)11-15(18)17(10-9-16)13-5-3-2-4-6-13/h2-8H,10-11H2,1H3. The van der Waals surface area contributed by atoms with Crippen LogP contribution in [0.15, 0.2) is 42.5 Å². The third-order valence-electron chi connectivity index (χ3n) is 2.72.